The largest absolute Gasteiger partial charge is 0.352 e. The fourth-order valence-corrected chi connectivity index (χ4v) is 2.15. The van der Waals surface area contributed by atoms with Crippen molar-refractivity contribution in [2.75, 3.05) is 13.1 Å². The van der Waals surface area contributed by atoms with Gasteiger partial charge in [-0.15, -0.1) is 0 Å². The Kier molecular flexibility index (Phi) is 3.88. The van der Waals surface area contributed by atoms with Crippen LogP contribution in [0.1, 0.15) is 19.4 Å². The highest BCUT2D eigenvalue weighted by atomic mass is 19.1. The van der Waals surface area contributed by atoms with Gasteiger partial charge < -0.3 is 10.2 Å². The number of carbonyl (C=O) groups excluding carboxylic acids is 2. The molecule has 1 aliphatic rings. The highest BCUT2D eigenvalue weighted by Gasteiger charge is 2.39. The van der Waals surface area contributed by atoms with Gasteiger partial charge in [0, 0.05) is 24.7 Å². The van der Waals surface area contributed by atoms with Crippen molar-refractivity contribution in [3.63, 3.8) is 0 Å². The molecule has 0 radical (unpaired) electrons. The van der Waals surface area contributed by atoms with Gasteiger partial charge in [0.25, 0.3) is 0 Å². The minimum absolute atomic E-state index is 0.184. The normalized spacial score (nSPS) is 18.1. The lowest BCUT2D eigenvalue weighted by atomic mass is 9.98. The highest BCUT2D eigenvalue weighted by molar-refractivity contribution is 5.97. The number of nitrogens with zero attached hydrogens (tertiary/aromatic N) is 1. The Bertz CT molecular complexity index is 567. The molecule has 1 heterocycles. The van der Waals surface area contributed by atoms with Crippen molar-refractivity contribution in [1.82, 2.24) is 10.2 Å². The van der Waals surface area contributed by atoms with Gasteiger partial charge in [0.15, 0.2) is 0 Å². The Balaban J connectivity index is 2.16. The molecule has 0 aromatic heterocycles. The lowest BCUT2D eigenvalue weighted by Gasteiger charge is -2.40. The van der Waals surface area contributed by atoms with Crippen LogP contribution in [-0.2, 0) is 9.59 Å². The second kappa shape index (κ2) is 5.45. The summed E-state index contributed by atoms with van der Waals surface area (Å²) in [5, 5.41) is 2.72. The van der Waals surface area contributed by atoms with E-state index in [-0.39, 0.29) is 17.6 Å². The second-order valence-corrected chi connectivity index (χ2v) is 5.16. The zero-order valence-electron chi connectivity index (χ0n) is 11.5. The molecule has 0 saturated carbocycles. The van der Waals surface area contributed by atoms with Gasteiger partial charge in [-0.25, -0.2) is 4.39 Å². The van der Waals surface area contributed by atoms with Crippen molar-refractivity contribution >= 4 is 17.9 Å². The maximum atomic E-state index is 13.5. The molecule has 20 heavy (non-hydrogen) atoms. The van der Waals surface area contributed by atoms with Crippen molar-refractivity contribution in [3.05, 3.63) is 41.7 Å². The molecule has 1 N–H and O–H groups in total. The van der Waals surface area contributed by atoms with E-state index >= 15 is 0 Å². The summed E-state index contributed by atoms with van der Waals surface area (Å²) in [6.07, 6.45) is 2.74. The maximum Gasteiger partial charge on any atom is 0.247 e. The van der Waals surface area contributed by atoms with Gasteiger partial charge in [-0.3, -0.25) is 9.59 Å². The molecule has 106 valence electrons. The van der Waals surface area contributed by atoms with Crippen LogP contribution in [0.15, 0.2) is 30.3 Å². The maximum absolute atomic E-state index is 13.5. The molecule has 5 heteroatoms. The average molecular weight is 276 g/mol. The summed E-state index contributed by atoms with van der Waals surface area (Å²) in [6, 6.07) is 6.22. The zero-order valence-corrected chi connectivity index (χ0v) is 11.5. The SMILES string of the molecule is CC1(C)C(=O)NCCN1C(=O)C=Cc1ccccc1F. The molecule has 1 aromatic carbocycles. The molecular formula is C15H17FN2O2. The third-order valence-corrected chi connectivity index (χ3v) is 3.43. The molecule has 0 spiro atoms. The molecule has 2 rings (SSSR count). The molecule has 0 aliphatic carbocycles. The number of piperazine rings is 1. The molecule has 1 aliphatic heterocycles. The summed E-state index contributed by atoms with van der Waals surface area (Å²) in [7, 11) is 0. The van der Waals surface area contributed by atoms with Crippen LogP contribution in [0, 0.1) is 5.82 Å². The minimum atomic E-state index is -0.894. The first kappa shape index (κ1) is 14.2. The van der Waals surface area contributed by atoms with E-state index in [0.717, 1.165) is 0 Å². The fourth-order valence-electron chi connectivity index (χ4n) is 2.15. The number of hydrogen-bond acceptors (Lipinski definition) is 2. The van der Waals surface area contributed by atoms with E-state index in [2.05, 4.69) is 5.32 Å². The lowest BCUT2D eigenvalue weighted by Crippen LogP contribution is -2.63. The van der Waals surface area contributed by atoms with Crippen molar-refractivity contribution < 1.29 is 14.0 Å². The summed E-state index contributed by atoms with van der Waals surface area (Å²) < 4.78 is 13.5. The smallest absolute Gasteiger partial charge is 0.247 e. The van der Waals surface area contributed by atoms with Gasteiger partial charge in [-0.2, -0.15) is 0 Å². The predicted molar refractivity (Wildman–Crippen MR) is 74.2 cm³/mol. The van der Waals surface area contributed by atoms with Crippen LogP contribution >= 0.6 is 0 Å². The summed E-state index contributed by atoms with van der Waals surface area (Å²) in [6.45, 7) is 4.26. The summed E-state index contributed by atoms with van der Waals surface area (Å²) in [5.74, 6) is -0.864. The van der Waals surface area contributed by atoms with Crippen molar-refractivity contribution in [1.29, 1.82) is 0 Å². The number of halogens is 1. The first-order chi connectivity index (χ1) is 9.43. The average Bonchev–Trinajstić information content (AvgIpc) is 2.40. The van der Waals surface area contributed by atoms with Crippen LogP contribution in [0.25, 0.3) is 6.08 Å². The monoisotopic (exact) mass is 276 g/mol. The first-order valence-corrected chi connectivity index (χ1v) is 6.45. The lowest BCUT2D eigenvalue weighted by molar-refractivity contribution is -0.146. The fraction of sp³-hybridized carbons (Fsp3) is 0.333. The Morgan fingerprint density at radius 1 is 1.40 bits per heavy atom. The molecule has 4 nitrogen and oxygen atoms in total. The topological polar surface area (TPSA) is 49.4 Å². The van der Waals surface area contributed by atoms with Crippen LogP contribution in [0.5, 0.6) is 0 Å². The van der Waals surface area contributed by atoms with E-state index in [1.54, 1.807) is 32.0 Å². The highest BCUT2D eigenvalue weighted by Crippen LogP contribution is 2.18. The molecule has 2 amide bonds. The standard InChI is InChI=1S/C15H17FN2O2/c1-15(2)14(20)17-9-10-18(15)13(19)8-7-11-5-3-4-6-12(11)16/h3-8H,9-10H2,1-2H3,(H,17,20). The predicted octanol–water partition coefficient (Wildman–Crippen LogP) is 1.58. The van der Waals surface area contributed by atoms with E-state index in [9.17, 15) is 14.0 Å². The quantitative estimate of drug-likeness (QED) is 0.834. The molecule has 1 aromatic rings. The summed E-state index contributed by atoms with van der Waals surface area (Å²) >= 11 is 0. The summed E-state index contributed by atoms with van der Waals surface area (Å²) in [4.78, 5) is 25.4. The Morgan fingerprint density at radius 3 is 2.80 bits per heavy atom. The van der Waals surface area contributed by atoms with E-state index in [1.165, 1.54) is 23.1 Å². The third-order valence-electron chi connectivity index (χ3n) is 3.43. The Morgan fingerprint density at radius 2 is 2.10 bits per heavy atom. The summed E-state index contributed by atoms with van der Waals surface area (Å²) in [5.41, 5.74) is -0.547. The zero-order chi connectivity index (χ0) is 14.8. The molecular weight excluding hydrogens is 259 g/mol. The molecule has 0 bridgehead atoms. The molecule has 1 saturated heterocycles. The Labute approximate surface area is 117 Å². The van der Waals surface area contributed by atoms with Crippen LogP contribution in [0.3, 0.4) is 0 Å². The van der Waals surface area contributed by atoms with Crippen molar-refractivity contribution in [2.24, 2.45) is 0 Å². The van der Waals surface area contributed by atoms with Gasteiger partial charge in [0.1, 0.15) is 11.4 Å². The van der Waals surface area contributed by atoms with Gasteiger partial charge in [-0.1, -0.05) is 18.2 Å². The van der Waals surface area contributed by atoms with Gasteiger partial charge >= 0.3 is 0 Å². The van der Waals surface area contributed by atoms with Crippen molar-refractivity contribution in [2.45, 2.75) is 19.4 Å². The number of hydrogen-bond donors (Lipinski definition) is 1. The van der Waals surface area contributed by atoms with E-state index < -0.39 is 5.54 Å². The molecule has 0 atom stereocenters. The third kappa shape index (κ3) is 2.71. The van der Waals surface area contributed by atoms with Crippen molar-refractivity contribution in [3.8, 4) is 0 Å². The van der Waals surface area contributed by atoms with Gasteiger partial charge in [0.2, 0.25) is 11.8 Å². The number of nitrogens with one attached hydrogen (secondary N) is 1. The first-order valence-electron chi connectivity index (χ1n) is 6.45. The van der Waals surface area contributed by atoms with Crippen LogP contribution in [-0.4, -0.2) is 35.3 Å². The van der Waals surface area contributed by atoms with E-state index in [0.29, 0.717) is 18.7 Å². The molecule has 1 fully saturated rings. The van der Waals surface area contributed by atoms with Gasteiger partial charge in [-0.05, 0) is 26.0 Å². The van der Waals surface area contributed by atoms with Gasteiger partial charge in [0.05, 0.1) is 0 Å². The van der Waals surface area contributed by atoms with E-state index in [4.69, 9.17) is 0 Å². The minimum Gasteiger partial charge on any atom is -0.352 e. The second-order valence-electron chi connectivity index (χ2n) is 5.16. The number of benzene rings is 1. The number of carbonyl (C=O) groups is 2. The van der Waals surface area contributed by atoms with E-state index in [1.807, 2.05) is 0 Å². The number of amides is 2. The van der Waals surface area contributed by atoms with Crippen LogP contribution in [0.2, 0.25) is 0 Å². The van der Waals surface area contributed by atoms with Crippen LogP contribution in [0.4, 0.5) is 4.39 Å². The van der Waals surface area contributed by atoms with Crippen LogP contribution < -0.4 is 5.32 Å². The number of rotatable bonds is 2. The molecule has 0 unspecified atom stereocenters. The Hall–Kier alpha value is -2.17.